The molecule has 0 spiro atoms. The van der Waals surface area contributed by atoms with E-state index in [1.165, 1.54) is 9.56 Å². The summed E-state index contributed by atoms with van der Waals surface area (Å²) in [7, 11) is 0. The second-order valence-corrected chi connectivity index (χ2v) is 6.26. The third-order valence-electron chi connectivity index (χ3n) is 3.73. The van der Waals surface area contributed by atoms with Gasteiger partial charge in [-0.1, -0.05) is 11.3 Å². The van der Waals surface area contributed by atoms with Crippen molar-refractivity contribution in [2.24, 2.45) is 0 Å². The van der Waals surface area contributed by atoms with E-state index in [9.17, 15) is 9.90 Å². The first-order valence-electron chi connectivity index (χ1n) is 7.06. The number of hydrogen-bond donors (Lipinski definition) is 1. The number of carbonyl (C=O) groups excluding carboxylic acids is 1. The van der Waals surface area contributed by atoms with Crippen LogP contribution < -0.4 is 0 Å². The maximum atomic E-state index is 12.5. The number of hydrogen-bond acceptors (Lipinski definition) is 5. The van der Waals surface area contributed by atoms with Gasteiger partial charge < -0.3 is 10.0 Å². The molecule has 0 aromatic carbocycles. The predicted octanol–water partition coefficient (Wildman–Crippen LogP) is 1.76. The number of aliphatic hydroxyl groups is 1. The summed E-state index contributed by atoms with van der Waals surface area (Å²) < 4.78 is 1.49. The van der Waals surface area contributed by atoms with Gasteiger partial charge in [0.05, 0.1) is 18.3 Å². The summed E-state index contributed by atoms with van der Waals surface area (Å²) in [5.74, 6) is 0.0490. The smallest absolute Gasteiger partial charge is 0.244 e. The van der Waals surface area contributed by atoms with E-state index in [4.69, 9.17) is 0 Å². The summed E-state index contributed by atoms with van der Waals surface area (Å²) in [6.07, 6.45) is 3.01. The Morgan fingerprint density at radius 2 is 2.48 bits per heavy atom. The van der Waals surface area contributed by atoms with Crippen molar-refractivity contribution in [3.8, 4) is 0 Å². The minimum atomic E-state index is -0.667. The molecule has 21 heavy (non-hydrogen) atoms. The van der Waals surface area contributed by atoms with Crippen molar-refractivity contribution in [2.45, 2.75) is 38.5 Å². The lowest BCUT2D eigenvalue weighted by Gasteiger charge is -2.23. The zero-order chi connectivity index (χ0) is 14.8. The maximum absolute atomic E-state index is 12.5. The number of amides is 1. The number of aliphatic hydroxyl groups excluding tert-OH is 1. The van der Waals surface area contributed by atoms with E-state index in [1.807, 2.05) is 16.3 Å². The van der Waals surface area contributed by atoms with Crippen LogP contribution in [0.2, 0.25) is 0 Å². The van der Waals surface area contributed by atoms with Crippen LogP contribution in [0.4, 0.5) is 0 Å². The van der Waals surface area contributed by atoms with E-state index in [2.05, 4.69) is 16.4 Å². The van der Waals surface area contributed by atoms with Gasteiger partial charge in [0, 0.05) is 11.4 Å². The SMILES string of the molecule is CC(O)c1cn(CC(=O)N2CCCC2c2cccs2)nn1. The van der Waals surface area contributed by atoms with Crippen LogP contribution in [-0.2, 0) is 11.3 Å². The molecule has 3 heterocycles. The van der Waals surface area contributed by atoms with Crippen molar-refractivity contribution in [1.29, 1.82) is 0 Å². The Morgan fingerprint density at radius 3 is 3.14 bits per heavy atom. The lowest BCUT2D eigenvalue weighted by Crippen LogP contribution is -2.33. The van der Waals surface area contributed by atoms with Gasteiger partial charge in [-0.3, -0.25) is 4.79 Å². The Hall–Kier alpha value is -1.73. The van der Waals surface area contributed by atoms with Crippen molar-refractivity contribution >= 4 is 17.2 Å². The quantitative estimate of drug-likeness (QED) is 0.934. The first-order chi connectivity index (χ1) is 10.1. The molecule has 112 valence electrons. The van der Waals surface area contributed by atoms with Crippen LogP contribution in [0.1, 0.15) is 42.5 Å². The van der Waals surface area contributed by atoms with E-state index < -0.39 is 6.10 Å². The average molecular weight is 306 g/mol. The number of aromatic nitrogens is 3. The summed E-state index contributed by atoms with van der Waals surface area (Å²) in [5, 5.41) is 19.2. The second-order valence-electron chi connectivity index (χ2n) is 5.28. The number of likely N-dealkylation sites (tertiary alicyclic amines) is 1. The van der Waals surface area contributed by atoms with Crippen LogP contribution in [0, 0.1) is 0 Å². The molecule has 1 aliphatic heterocycles. The van der Waals surface area contributed by atoms with E-state index in [-0.39, 0.29) is 18.5 Å². The molecular weight excluding hydrogens is 288 g/mol. The molecule has 1 aliphatic rings. The first-order valence-corrected chi connectivity index (χ1v) is 7.94. The fourth-order valence-electron chi connectivity index (χ4n) is 2.65. The Bertz CT molecular complexity index is 608. The molecule has 2 atom stereocenters. The maximum Gasteiger partial charge on any atom is 0.244 e. The van der Waals surface area contributed by atoms with Crippen molar-refractivity contribution in [1.82, 2.24) is 19.9 Å². The molecule has 6 nitrogen and oxygen atoms in total. The lowest BCUT2D eigenvalue weighted by atomic mass is 10.2. The van der Waals surface area contributed by atoms with Crippen LogP contribution in [0.3, 0.4) is 0 Å². The van der Waals surface area contributed by atoms with Gasteiger partial charge in [0.2, 0.25) is 5.91 Å². The minimum absolute atomic E-state index is 0.0490. The van der Waals surface area contributed by atoms with Gasteiger partial charge in [0.15, 0.2) is 0 Å². The molecule has 3 rings (SSSR count). The molecule has 2 aromatic rings. The van der Waals surface area contributed by atoms with E-state index in [0.717, 1.165) is 19.4 Å². The Labute approximate surface area is 127 Å². The first kappa shape index (κ1) is 14.2. The monoisotopic (exact) mass is 306 g/mol. The van der Waals surface area contributed by atoms with Gasteiger partial charge in [-0.25, -0.2) is 4.68 Å². The van der Waals surface area contributed by atoms with Crippen LogP contribution in [0.25, 0.3) is 0 Å². The van der Waals surface area contributed by atoms with Crippen molar-refractivity contribution in [3.05, 3.63) is 34.3 Å². The van der Waals surface area contributed by atoms with Crippen LogP contribution >= 0.6 is 11.3 Å². The van der Waals surface area contributed by atoms with Crippen molar-refractivity contribution in [2.75, 3.05) is 6.54 Å². The van der Waals surface area contributed by atoms with E-state index in [0.29, 0.717) is 5.69 Å². The van der Waals surface area contributed by atoms with Gasteiger partial charge in [-0.15, -0.1) is 16.4 Å². The third-order valence-corrected chi connectivity index (χ3v) is 4.70. The highest BCUT2D eigenvalue weighted by Gasteiger charge is 2.30. The molecule has 0 aliphatic carbocycles. The van der Waals surface area contributed by atoms with E-state index >= 15 is 0 Å². The highest BCUT2D eigenvalue weighted by molar-refractivity contribution is 7.10. The molecule has 0 saturated carbocycles. The molecule has 1 amide bonds. The predicted molar refractivity (Wildman–Crippen MR) is 78.7 cm³/mol. The fourth-order valence-corrected chi connectivity index (χ4v) is 3.53. The molecule has 0 bridgehead atoms. The fraction of sp³-hybridized carbons (Fsp3) is 0.500. The molecule has 1 fully saturated rings. The number of carbonyl (C=O) groups is 1. The molecule has 1 saturated heterocycles. The lowest BCUT2D eigenvalue weighted by molar-refractivity contribution is -0.132. The summed E-state index contributed by atoms with van der Waals surface area (Å²) in [6.45, 7) is 2.59. The van der Waals surface area contributed by atoms with Crippen molar-refractivity contribution in [3.63, 3.8) is 0 Å². The zero-order valence-electron chi connectivity index (χ0n) is 11.8. The van der Waals surface area contributed by atoms with Crippen molar-refractivity contribution < 1.29 is 9.90 Å². The Balaban J connectivity index is 1.69. The molecule has 0 radical (unpaired) electrons. The summed E-state index contributed by atoms with van der Waals surface area (Å²) in [5.41, 5.74) is 0.485. The molecular formula is C14H18N4O2S. The summed E-state index contributed by atoms with van der Waals surface area (Å²) >= 11 is 1.69. The number of thiophene rings is 1. The second kappa shape index (κ2) is 5.95. The average Bonchev–Trinajstić information content (AvgIpc) is 3.19. The van der Waals surface area contributed by atoms with Crippen LogP contribution in [0.5, 0.6) is 0 Å². The van der Waals surface area contributed by atoms with Gasteiger partial charge >= 0.3 is 0 Å². The Morgan fingerprint density at radius 1 is 1.62 bits per heavy atom. The summed E-state index contributed by atoms with van der Waals surface area (Å²) in [4.78, 5) is 15.6. The number of nitrogens with zero attached hydrogens (tertiary/aromatic N) is 4. The van der Waals surface area contributed by atoms with Crippen LogP contribution in [-0.4, -0.2) is 37.5 Å². The topological polar surface area (TPSA) is 71.2 Å². The largest absolute Gasteiger partial charge is 0.387 e. The minimum Gasteiger partial charge on any atom is -0.387 e. The number of rotatable bonds is 4. The van der Waals surface area contributed by atoms with Gasteiger partial charge in [-0.2, -0.15) is 0 Å². The van der Waals surface area contributed by atoms with Gasteiger partial charge in [0.1, 0.15) is 12.2 Å². The highest BCUT2D eigenvalue weighted by atomic mass is 32.1. The molecule has 7 heteroatoms. The van der Waals surface area contributed by atoms with E-state index in [1.54, 1.807) is 24.5 Å². The zero-order valence-corrected chi connectivity index (χ0v) is 12.7. The molecule has 2 unspecified atom stereocenters. The van der Waals surface area contributed by atoms with Gasteiger partial charge in [0.25, 0.3) is 0 Å². The highest BCUT2D eigenvalue weighted by Crippen LogP contribution is 2.34. The molecule has 1 N–H and O–H groups in total. The van der Waals surface area contributed by atoms with Crippen LogP contribution in [0.15, 0.2) is 23.7 Å². The van der Waals surface area contributed by atoms with Gasteiger partial charge in [-0.05, 0) is 31.2 Å². The molecule has 2 aromatic heterocycles. The normalized spacial score (nSPS) is 19.9. The Kier molecular flexibility index (Phi) is 4.03. The third kappa shape index (κ3) is 2.98. The summed E-state index contributed by atoms with van der Waals surface area (Å²) in [6, 6.07) is 4.30. The standard InChI is InChI=1S/C14H18N4O2S/c1-10(19)11-8-17(16-15-11)9-14(20)18-6-2-4-12(18)13-5-3-7-21-13/h3,5,7-8,10,12,19H,2,4,6,9H2,1H3.